The number of aromatic carboxylic acids is 1. The molecule has 0 radical (unpaired) electrons. The van der Waals surface area contributed by atoms with Crippen molar-refractivity contribution in [3.63, 3.8) is 0 Å². The van der Waals surface area contributed by atoms with Crippen molar-refractivity contribution in [1.29, 1.82) is 0 Å². The molecule has 0 amide bonds. The van der Waals surface area contributed by atoms with E-state index in [4.69, 9.17) is 16.7 Å². The number of rotatable bonds is 12. The Kier molecular flexibility index (Phi) is 13.3. The average Bonchev–Trinajstić information content (AvgIpc) is 2.77. The fraction of sp³-hybridized carbons (Fsp3) is 0.500. The summed E-state index contributed by atoms with van der Waals surface area (Å²) in [6.45, 7) is 2.91. The van der Waals surface area contributed by atoms with Crippen LogP contribution in [-0.4, -0.2) is 29.7 Å². The van der Waals surface area contributed by atoms with Gasteiger partial charge in [-0.05, 0) is 36.8 Å². The van der Waals surface area contributed by atoms with E-state index in [2.05, 4.69) is 22.5 Å². The lowest BCUT2D eigenvalue weighted by Gasteiger charge is -2.15. The molecule has 2 rings (SSSR count). The number of pyridine rings is 1. The molecule has 3 N–H and O–H groups in total. The Labute approximate surface area is 198 Å². The van der Waals surface area contributed by atoms with Gasteiger partial charge in [0, 0.05) is 19.8 Å². The predicted octanol–water partition coefficient (Wildman–Crippen LogP) is 7.73. The van der Waals surface area contributed by atoms with E-state index in [9.17, 15) is 18.0 Å². The van der Waals surface area contributed by atoms with Gasteiger partial charge in [0.2, 0.25) is 0 Å². The molecular weight excluding hydrogens is 455 g/mol. The second kappa shape index (κ2) is 15.4. The van der Waals surface area contributed by atoms with Crippen LogP contribution in [-0.2, 0) is 6.18 Å². The van der Waals surface area contributed by atoms with Crippen LogP contribution >= 0.6 is 11.6 Å². The van der Waals surface area contributed by atoms with E-state index in [0.29, 0.717) is 17.9 Å². The summed E-state index contributed by atoms with van der Waals surface area (Å²) in [5.41, 5.74) is 0.488. The van der Waals surface area contributed by atoms with Gasteiger partial charge in [-0.25, -0.2) is 9.78 Å². The highest BCUT2D eigenvalue weighted by molar-refractivity contribution is 6.33. The smallest absolute Gasteiger partial charge is 0.416 e. The largest absolute Gasteiger partial charge is 0.476 e. The van der Waals surface area contributed by atoms with Gasteiger partial charge in [-0.15, -0.1) is 0 Å². The molecule has 0 unspecified atom stereocenters. The summed E-state index contributed by atoms with van der Waals surface area (Å²) in [6.07, 6.45) is 6.80. The highest BCUT2D eigenvalue weighted by Crippen LogP contribution is 2.33. The molecule has 0 saturated carbocycles. The SMILES string of the molecule is CCCCCCCCCCNc1cc(C(F)(F)F)ccc1NC.O=C(O)c1ncccc1Cl. The maximum atomic E-state index is 12.8. The zero-order valence-electron chi connectivity index (χ0n) is 19.1. The first kappa shape index (κ1) is 28.6. The van der Waals surface area contributed by atoms with Crippen LogP contribution in [0.4, 0.5) is 24.5 Å². The molecule has 1 heterocycles. The van der Waals surface area contributed by atoms with E-state index in [1.54, 1.807) is 13.1 Å². The lowest BCUT2D eigenvalue weighted by atomic mass is 10.1. The molecule has 0 fully saturated rings. The molecule has 1 aromatic carbocycles. The topological polar surface area (TPSA) is 74.2 Å². The Hall–Kier alpha value is -2.48. The zero-order valence-corrected chi connectivity index (χ0v) is 19.9. The lowest BCUT2D eigenvalue weighted by molar-refractivity contribution is -0.137. The second-order valence-electron chi connectivity index (χ2n) is 7.55. The van der Waals surface area contributed by atoms with Gasteiger partial charge in [-0.2, -0.15) is 13.2 Å². The quantitative estimate of drug-likeness (QED) is 0.267. The molecule has 9 heteroatoms. The summed E-state index contributed by atoms with van der Waals surface area (Å²) in [4.78, 5) is 13.8. The van der Waals surface area contributed by atoms with Crippen LogP contribution in [0, 0.1) is 0 Å². The van der Waals surface area contributed by atoms with Gasteiger partial charge >= 0.3 is 12.1 Å². The number of nitrogens with one attached hydrogen (secondary N) is 2. The summed E-state index contributed by atoms with van der Waals surface area (Å²) in [6, 6.07) is 6.82. The van der Waals surface area contributed by atoms with Gasteiger partial charge in [-0.1, -0.05) is 63.5 Å². The lowest BCUT2D eigenvalue weighted by Crippen LogP contribution is -2.09. The number of benzene rings is 1. The molecule has 33 heavy (non-hydrogen) atoms. The summed E-state index contributed by atoms with van der Waals surface area (Å²) in [5.74, 6) is -1.11. The Morgan fingerprint density at radius 2 is 1.67 bits per heavy atom. The van der Waals surface area contributed by atoms with Gasteiger partial charge in [0.05, 0.1) is 22.0 Å². The normalized spacial score (nSPS) is 10.8. The number of nitrogens with zero attached hydrogens (tertiary/aromatic N) is 1. The van der Waals surface area contributed by atoms with Crippen molar-refractivity contribution in [3.05, 3.63) is 52.8 Å². The number of halogens is 4. The number of hydrogen-bond acceptors (Lipinski definition) is 4. The molecule has 0 bridgehead atoms. The van der Waals surface area contributed by atoms with E-state index < -0.39 is 17.7 Å². The van der Waals surface area contributed by atoms with Gasteiger partial charge in [0.25, 0.3) is 0 Å². The van der Waals surface area contributed by atoms with E-state index in [-0.39, 0.29) is 10.7 Å². The van der Waals surface area contributed by atoms with Crippen LogP contribution in [0.1, 0.15) is 74.3 Å². The van der Waals surface area contributed by atoms with Gasteiger partial charge in [-0.3, -0.25) is 0 Å². The molecule has 1 aromatic heterocycles. The molecule has 0 spiro atoms. The maximum absolute atomic E-state index is 12.8. The summed E-state index contributed by atoms with van der Waals surface area (Å²) in [5, 5.41) is 14.6. The first-order chi connectivity index (χ1) is 15.7. The highest BCUT2D eigenvalue weighted by Gasteiger charge is 2.30. The molecule has 0 aliphatic rings. The Morgan fingerprint density at radius 1 is 1.03 bits per heavy atom. The van der Waals surface area contributed by atoms with Gasteiger partial charge in [0.15, 0.2) is 5.69 Å². The fourth-order valence-corrected chi connectivity index (χ4v) is 3.31. The van der Waals surface area contributed by atoms with Crippen molar-refractivity contribution >= 4 is 28.9 Å². The van der Waals surface area contributed by atoms with Crippen LogP contribution in [0.3, 0.4) is 0 Å². The van der Waals surface area contributed by atoms with E-state index in [1.807, 2.05) is 0 Å². The second-order valence-corrected chi connectivity index (χ2v) is 7.96. The number of carboxylic acid groups (broad SMARTS) is 1. The molecule has 0 saturated heterocycles. The zero-order chi connectivity index (χ0) is 24.7. The first-order valence-electron chi connectivity index (χ1n) is 11.2. The average molecular weight is 488 g/mol. The third kappa shape index (κ3) is 11.3. The van der Waals surface area contributed by atoms with Gasteiger partial charge in [0.1, 0.15) is 0 Å². The van der Waals surface area contributed by atoms with Crippen LogP contribution in [0.2, 0.25) is 5.02 Å². The highest BCUT2D eigenvalue weighted by atomic mass is 35.5. The summed E-state index contributed by atoms with van der Waals surface area (Å²) in [7, 11) is 1.71. The summed E-state index contributed by atoms with van der Waals surface area (Å²) < 4.78 is 38.3. The number of carboxylic acids is 1. The third-order valence-corrected chi connectivity index (χ3v) is 5.23. The predicted molar refractivity (Wildman–Crippen MR) is 128 cm³/mol. The third-order valence-electron chi connectivity index (χ3n) is 4.92. The van der Waals surface area contributed by atoms with Crippen molar-refractivity contribution < 1.29 is 23.1 Å². The van der Waals surface area contributed by atoms with Gasteiger partial charge < -0.3 is 15.7 Å². The van der Waals surface area contributed by atoms with Crippen molar-refractivity contribution in [1.82, 2.24) is 4.98 Å². The van der Waals surface area contributed by atoms with E-state index >= 15 is 0 Å². The Bertz CT molecular complexity index is 848. The molecule has 2 aromatic rings. The Morgan fingerprint density at radius 3 is 2.18 bits per heavy atom. The van der Waals surface area contributed by atoms with E-state index in [0.717, 1.165) is 18.9 Å². The Balaban J connectivity index is 0.000000451. The molecule has 0 atom stereocenters. The number of aromatic nitrogens is 1. The standard InChI is InChI=1S/C18H29F3N2.C6H4ClNO2/c1-3-4-5-6-7-8-9-10-13-23-17-14-15(18(19,20)21)11-12-16(17)22-2;7-4-2-1-3-8-5(4)6(9)10/h11-12,14,22-23H,3-10,13H2,1-2H3;1-3H,(H,9,10). The van der Waals surface area contributed by atoms with Crippen molar-refractivity contribution in [2.24, 2.45) is 0 Å². The maximum Gasteiger partial charge on any atom is 0.416 e. The van der Waals surface area contributed by atoms with Crippen LogP contribution in [0.5, 0.6) is 0 Å². The molecule has 5 nitrogen and oxygen atoms in total. The van der Waals surface area contributed by atoms with Crippen molar-refractivity contribution in [2.75, 3.05) is 24.2 Å². The number of anilines is 2. The monoisotopic (exact) mass is 487 g/mol. The number of alkyl halides is 3. The minimum absolute atomic E-state index is 0.107. The first-order valence-corrected chi connectivity index (χ1v) is 11.5. The van der Waals surface area contributed by atoms with Crippen LogP contribution < -0.4 is 10.6 Å². The summed E-state index contributed by atoms with van der Waals surface area (Å²) >= 11 is 5.48. The molecule has 0 aliphatic heterocycles. The minimum atomic E-state index is -4.30. The van der Waals surface area contributed by atoms with Crippen molar-refractivity contribution in [2.45, 2.75) is 64.5 Å². The fourth-order valence-electron chi connectivity index (χ4n) is 3.11. The van der Waals surface area contributed by atoms with E-state index in [1.165, 1.54) is 62.9 Å². The number of hydrogen-bond donors (Lipinski definition) is 3. The minimum Gasteiger partial charge on any atom is -0.476 e. The molecular formula is C24H33ClF3N3O2. The van der Waals surface area contributed by atoms with Crippen LogP contribution in [0.15, 0.2) is 36.5 Å². The van der Waals surface area contributed by atoms with Crippen LogP contribution in [0.25, 0.3) is 0 Å². The molecule has 184 valence electrons. The number of unbranched alkanes of at least 4 members (excludes halogenated alkanes) is 7. The molecule has 0 aliphatic carbocycles. The van der Waals surface area contributed by atoms with Crippen molar-refractivity contribution in [3.8, 4) is 0 Å². The number of carbonyl (C=O) groups is 1.